The van der Waals surface area contributed by atoms with E-state index in [9.17, 15) is 14.7 Å². The highest BCUT2D eigenvalue weighted by atomic mass is 16.5. The number of azide groups is 1. The summed E-state index contributed by atoms with van der Waals surface area (Å²) in [5.74, 6) is -0.939. The van der Waals surface area contributed by atoms with Gasteiger partial charge in [-0.05, 0) is 41.4 Å². The molecule has 2 N–H and O–H groups in total. The molecular weight excluding hydrogens is 592 g/mol. The van der Waals surface area contributed by atoms with Crippen LogP contribution < -0.4 is 20.1 Å². The Morgan fingerprint density at radius 3 is 2.30 bits per heavy atom. The van der Waals surface area contributed by atoms with Gasteiger partial charge in [0.25, 0.3) is 5.91 Å². The van der Waals surface area contributed by atoms with Crippen LogP contribution in [0.5, 0.6) is 0 Å². The van der Waals surface area contributed by atoms with Gasteiger partial charge in [0.15, 0.2) is 0 Å². The lowest BCUT2D eigenvalue weighted by atomic mass is 9.89. The van der Waals surface area contributed by atoms with E-state index in [0.717, 1.165) is 22.0 Å². The number of carbonyl (C=O) groups excluding carboxylic acids is 1. The Bertz CT molecular complexity index is 1770. The lowest BCUT2D eigenvalue weighted by Crippen LogP contribution is -2.28. The number of nitrogens with one attached hydrogen (secondary N) is 1. The van der Waals surface area contributed by atoms with E-state index in [0.29, 0.717) is 55.5 Å². The van der Waals surface area contributed by atoms with Gasteiger partial charge in [0, 0.05) is 72.0 Å². The molecule has 0 radical (unpaired) electrons. The molecule has 4 rings (SSSR count). The summed E-state index contributed by atoms with van der Waals surface area (Å²) in [6, 6.07) is 16.4. The van der Waals surface area contributed by atoms with E-state index in [2.05, 4.69) is 15.3 Å². The van der Waals surface area contributed by atoms with Gasteiger partial charge in [-0.3, -0.25) is 4.79 Å². The maximum absolute atomic E-state index is 12.9. The third-order valence-electron chi connectivity index (χ3n) is 7.18. The molecule has 0 atom stereocenters. The van der Waals surface area contributed by atoms with E-state index >= 15 is 0 Å². The number of carbonyl (C=O) groups is 2. The van der Waals surface area contributed by atoms with Crippen LogP contribution in [-0.4, -0.2) is 97.9 Å². The molecule has 0 bridgehead atoms. The summed E-state index contributed by atoms with van der Waals surface area (Å²) in [7, 11) is 7.77. The number of anilines is 1. The van der Waals surface area contributed by atoms with Gasteiger partial charge in [0.05, 0.1) is 51.3 Å². The predicted octanol–water partition coefficient (Wildman–Crippen LogP) is 4.09. The minimum absolute atomic E-state index is 0.00462. The van der Waals surface area contributed by atoms with Crippen molar-refractivity contribution in [3.63, 3.8) is 0 Å². The summed E-state index contributed by atoms with van der Waals surface area (Å²) in [5, 5.41) is 18.1. The quantitative estimate of drug-likeness (QED) is 0.0467. The van der Waals surface area contributed by atoms with Crippen molar-refractivity contribution in [1.29, 1.82) is 0 Å². The van der Waals surface area contributed by atoms with Crippen molar-refractivity contribution in [2.24, 2.45) is 5.11 Å². The van der Waals surface area contributed by atoms with E-state index < -0.39 is 11.9 Å². The van der Waals surface area contributed by atoms with E-state index in [1.54, 1.807) is 12.1 Å². The first-order valence-corrected chi connectivity index (χ1v) is 14.8. The summed E-state index contributed by atoms with van der Waals surface area (Å²) < 4.78 is 24.5. The van der Waals surface area contributed by atoms with Crippen LogP contribution in [0.3, 0.4) is 0 Å². The molecule has 0 saturated heterocycles. The Morgan fingerprint density at radius 1 is 0.935 bits per heavy atom. The molecule has 0 spiro atoms. The van der Waals surface area contributed by atoms with Crippen LogP contribution in [0.4, 0.5) is 5.69 Å². The first-order chi connectivity index (χ1) is 22.2. The lowest BCUT2D eigenvalue weighted by molar-refractivity contribution is 0.0166. The van der Waals surface area contributed by atoms with E-state index in [1.165, 1.54) is 6.07 Å². The Kier molecular flexibility index (Phi) is 12.1. The number of carboxylic acids is 1. The summed E-state index contributed by atoms with van der Waals surface area (Å²) >= 11 is 0. The average Bonchev–Trinajstić information content (AvgIpc) is 3.04. The first kappa shape index (κ1) is 33.9. The summed E-state index contributed by atoms with van der Waals surface area (Å²) in [6.45, 7) is 2.59. The summed E-state index contributed by atoms with van der Waals surface area (Å²) in [5.41, 5.74) is 11.9. The number of benzene rings is 3. The van der Waals surface area contributed by atoms with Crippen molar-refractivity contribution < 1.29 is 33.3 Å². The Hall–Kier alpha value is -4.94. The van der Waals surface area contributed by atoms with Crippen LogP contribution in [0, 0.1) is 0 Å². The summed E-state index contributed by atoms with van der Waals surface area (Å²) in [4.78, 5) is 30.2. The van der Waals surface area contributed by atoms with Crippen LogP contribution in [0.25, 0.3) is 43.9 Å². The van der Waals surface area contributed by atoms with Gasteiger partial charge < -0.3 is 34.0 Å². The Balaban J connectivity index is 1.48. The minimum atomic E-state index is -1.15. The predicted molar refractivity (Wildman–Crippen MR) is 175 cm³/mol. The maximum Gasteiger partial charge on any atom is 0.336 e. The van der Waals surface area contributed by atoms with Gasteiger partial charge in [-0.2, -0.15) is 0 Å². The highest BCUT2D eigenvalue weighted by Gasteiger charge is 2.23. The SMILES string of the molecule is CN(C)c1ccc2c(-c3ccc(C(=O)NCCOCCOCCOCCN=[N+]=[N-])cc3C(=O)O)c3ccc(=[N+](C)C)cc-3oc2c1. The highest BCUT2D eigenvalue weighted by molar-refractivity contribution is 6.09. The van der Waals surface area contributed by atoms with Crippen molar-refractivity contribution in [2.75, 3.05) is 85.8 Å². The number of aromatic carboxylic acids is 1. The Labute approximate surface area is 266 Å². The number of amides is 1. The zero-order valence-electron chi connectivity index (χ0n) is 26.5. The number of nitrogens with zero attached hydrogens (tertiary/aromatic N) is 5. The molecule has 0 saturated carbocycles. The van der Waals surface area contributed by atoms with Crippen molar-refractivity contribution in [1.82, 2.24) is 9.89 Å². The van der Waals surface area contributed by atoms with Gasteiger partial charge in [-0.1, -0.05) is 11.2 Å². The molecule has 0 unspecified atom stereocenters. The van der Waals surface area contributed by atoms with Crippen LogP contribution >= 0.6 is 0 Å². The molecule has 13 heteroatoms. The normalized spacial score (nSPS) is 11.0. The fraction of sp³-hybridized carbons (Fsp3) is 0.364. The molecule has 2 aliphatic rings. The molecule has 1 heterocycles. The second kappa shape index (κ2) is 16.4. The van der Waals surface area contributed by atoms with Crippen LogP contribution in [0.1, 0.15) is 20.7 Å². The smallest absolute Gasteiger partial charge is 0.336 e. The van der Waals surface area contributed by atoms with Gasteiger partial charge in [0.2, 0.25) is 5.36 Å². The molecule has 2 aromatic carbocycles. The highest BCUT2D eigenvalue weighted by Crippen LogP contribution is 2.42. The van der Waals surface area contributed by atoms with Gasteiger partial charge in [-0.25, -0.2) is 9.37 Å². The van der Waals surface area contributed by atoms with E-state index in [4.69, 9.17) is 24.2 Å². The minimum Gasteiger partial charge on any atom is -0.478 e. The fourth-order valence-corrected chi connectivity index (χ4v) is 4.83. The molecule has 1 aliphatic heterocycles. The van der Waals surface area contributed by atoms with Gasteiger partial charge in [-0.15, -0.1) is 0 Å². The van der Waals surface area contributed by atoms with E-state index in [1.807, 2.05) is 74.1 Å². The van der Waals surface area contributed by atoms with Crippen molar-refractivity contribution in [3.05, 3.63) is 81.5 Å². The molecule has 242 valence electrons. The second-order valence-electron chi connectivity index (χ2n) is 10.7. The largest absolute Gasteiger partial charge is 0.478 e. The second-order valence-corrected chi connectivity index (χ2v) is 10.7. The number of hydrogen-bond donors (Lipinski definition) is 2. The zero-order chi connectivity index (χ0) is 33.1. The third kappa shape index (κ3) is 8.61. The van der Waals surface area contributed by atoms with Crippen molar-refractivity contribution >= 4 is 28.5 Å². The lowest BCUT2D eigenvalue weighted by Gasteiger charge is -2.19. The monoisotopic (exact) mass is 631 g/mol. The molecule has 2 aromatic rings. The molecule has 46 heavy (non-hydrogen) atoms. The van der Waals surface area contributed by atoms with Crippen LogP contribution in [0.15, 0.2) is 64.1 Å². The van der Waals surface area contributed by atoms with Crippen molar-refractivity contribution in [2.45, 2.75) is 0 Å². The number of ether oxygens (including phenoxy) is 3. The van der Waals surface area contributed by atoms with E-state index in [-0.39, 0.29) is 30.8 Å². The van der Waals surface area contributed by atoms with Crippen LogP contribution in [0.2, 0.25) is 0 Å². The number of hydrogen-bond acceptors (Lipinski definition) is 8. The summed E-state index contributed by atoms with van der Waals surface area (Å²) in [6.07, 6.45) is 0. The van der Waals surface area contributed by atoms with Gasteiger partial charge >= 0.3 is 5.97 Å². The number of rotatable bonds is 16. The number of fused-ring (bicyclic) bond motifs is 2. The van der Waals surface area contributed by atoms with Crippen LogP contribution in [-0.2, 0) is 14.2 Å². The maximum atomic E-state index is 12.9. The molecule has 1 aliphatic carbocycles. The first-order valence-electron chi connectivity index (χ1n) is 14.8. The molecular formula is C33H39N6O7+. The van der Waals surface area contributed by atoms with Gasteiger partial charge in [0.1, 0.15) is 25.4 Å². The number of carboxylic acid groups (broad SMARTS) is 1. The Morgan fingerprint density at radius 2 is 1.63 bits per heavy atom. The molecule has 0 aromatic heterocycles. The van der Waals surface area contributed by atoms with Crippen molar-refractivity contribution in [3.8, 4) is 22.5 Å². The average molecular weight is 632 g/mol. The zero-order valence-corrected chi connectivity index (χ0v) is 26.5. The third-order valence-corrected chi connectivity index (χ3v) is 7.18. The topological polar surface area (TPSA) is 162 Å². The molecule has 1 amide bonds. The molecule has 0 fully saturated rings. The molecule has 13 nitrogen and oxygen atoms in total. The fourth-order valence-electron chi connectivity index (χ4n) is 4.83. The standard InChI is InChI=1S/C33H38N6O7/c1-38(2)23-6-9-26-29(20-23)46-30-21-24(39(3)4)7-10-27(30)31(26)25-8-5-22(19-28(25)33(41)42)32(40)35-11-13-43-15-17-45-18-16-44-14-12-36-37-34/h5-10,19-21H,11-18H2,1-4H3,(H-,35,40,41,42)/p+1.